The molecule has 2 atom stereocenters. The molecular weight excluding hydrogens is 499 g/mol. The number of halogens is 3. The summed E-state index contributed by atoms with van der Waals surface area (Å²) in [5.74, 6) is -0.440. The van der Waals surface area contributed by atoms with Crippen molar-refractivity contribution in [2.75, 3.05) is 31.1 Å². The summed E-state index contributed by atoms with van der Waals surface area (Å²) >= 11 is 1.49. The van der Waals surface area contributed by atoms with E-state index in [0.717, 1.165) is 50.0 Å². The van der Waals surface area contributed by atoms with Crippen molar-refractivity contribution in [3.63, 3.8) is 0 Å². The number of likely N-dealkylation sites (N-methyl/N-ethyl adjacent to an activating group) is 1. The minimum atomic E-state index is -4.41. The summed E-state index contributed by atoms with van der Waals surface area (Å²) in [5.41, 5.74) is 0.894. The van der Waals surface area contributed by atoms with Crippen LogP contribution in [-0.4, -0.2) is 54.2 Å². The molecule has 1 heterocycles. The number of rotatable bonds is 8. The van der Waals surface area contributed by atoms with Crippen molar-refractivity contribution in [1.82, 2.24) is 10.2 Å². The zero-order valence-corrected chi connectivity index (χ0v) is 21.7. The quantitative estimate of drug-likeness (QED) is 0.452. The summed E-state index contributed by atoms with van der Waals surface area (Å²) in [6.07, 6.45) is 1.09. The Morgan fingerprint density at radius 1 is 1.11 bits per heavy atom. The molecular formula is C28H32F3N3O2S. The van der Waals surface area contributed by atoms with Gasteiger partial charge in [0.1, 0.15) is 6.54 Å². The van der Waals surface area contributed by atoms with Crippen LogP contribution in [0.3, 0.4) is 0 Å². The van der Waals surface area contributed by atoms with Gasteiger partial charge in [0.15, 0.2) is 0 Å². The van der Waals surface area contributed by atoms with E-state index in [2.05, 4.69) is 17.1 Å². The number of benzene rings is 2. The fourth-order valence-electron chi connectivity index (χ4n) is 4.93. The first kappa shape index (κ1) is 27.1. The number of anilines is 1. The molecule has 2 amide bonds. The lowest BCUT2D eigenvalue weighted by atomic mass is 9.93. The second kappa shape index (κ2) is 12.1. The fraction of sp³-hybridized carbons (Fsp3) is 0.429. The Labute approximate surface area is 220 Å². The Bertz CT molecular complexity index is 1110. The standard InChI is InChI=1S/C28H32F3N3O2S/c1-2-33(22-8-4-3-5-9-22)17-16-32-26(35)19-34-23-10-6-7-11-24(23)37-25(27(34)36)18-20-12-14-21(15-13-20)28(29,30)31/h3-5,8-9,12-15,18,23-24H,2,6-7,10-11,16-17,19H2,1H3,(H,32,35)/b25-18-. The molecule has 0 radical (unpaired) electrons. The molecule has 2 aromatic carbocycles. The van der Waals surface area contributed by atoms with Crippen LogP contribution < -0.4 is 10.2 Å². The highest BCUT2D eigenvalue weighted by Crippen LogP contribution is 2.42. The van der Waals surface area contributed by atoms with E-state index in [1.807, 2.05) is 30.3 Å². The predicted molar refractivity (Wildman–Crippen MR) is 142 cm³/mol. The van der Waals surface area contributed by atoms with Gasteiger partial charge in [-0.15, -0.1) is 11.8 Å². The van der Waals surface area contributed by atoms with E-state index in [1.165, 1.54) is 23.9 Å². The maximum Gasteiger partial charge on any atom is 0.416 e. The molecule has 1 saturated carbocycles. The third-order valence-electron chi connectivity index (χ3n) is 6.87. The van der Waals surface area contributed by atoms with Crippen molar-refractivity contribution in [2.45, 2.75) is 50.1 Å². The molecule has 2 fully saturated rings. The van der Waals surface area contributed by atoms with Crippen molar-refractivity contribution >= 4 is 35.3 Å². The molecule has 37 heavy (non-hydrogen) atoms. The number of fused-ring (bicyclic) bond motifs is 1. The SMILES string of the molecule is CCN(CCNC(=O)CN1C(=O)/C(=C/c2ccc(C(F)(F)F)cc2)SC2CCCCC21)c1ccccc1. The molecule has 4 rings (SSSR count). The maximum atomic E-state index is 13.4. The van der Waals surface area contributed by atoms with Crippen LogP contribution in [0.2, 0.25) is 0 Å². The molecule has 2 aliphatic rings. The number of hydrogen-bond donors (Lipinski definition) is 1. The predicted octanol–water partition coefficient (Wildman–Crippen LogP) is 5.58. The fourth-order valence-corrected chi connectivity index (χ4v) is 6.40. The number of amides is 2. The van der Waals surface area contributed by atoms with E-state index in [0.29, 0.717) is 23.6 Å². The molecule has 0 aromatic heterocycles. The van der Waals surface area contributed by atoms with Gasteiger partial charge in [-0.25, -0.2) is 0 Å². The van der Waals surface area contributed by atoms with Gasteiger partial charge in [0.25, 0.3) is 5.91 Å². The van der Waals surface area contributed by atoms with Crippen LogP contribution in [0.25, 0.3) is 6.08 Å². The Hall–Kier alpha value is -2.94. The number of carbonyl (C=O) groups excluding carboxylic acids is 2. The van der Waals surface area contributed by atoms with Crippen LogP contribution in [0.5, 0.6) is 0 Å². The molecule has 1 saturated heterocycles. The number of hydrogen-bond acceptors (Lipinski definition) is 4. The summed E-state index contributed by atoms with van der Waals surface area (Å²) in [5, 5.41) is 3.13. The Kier molecular flexibility index (Phi) is 8.84. The largest absolute Gasteiger partial charge is 0.416 e. The highest BCUT2D eigenvalue weighted by atomic mass is 32.2. The molecule has 2 aromatic rings. The third-order valence-corrected chi connectivity index (χ3v) is 8.27. The van der Waals surface area contributed by atoms with Gasteiger partial charge >= 0.3 is 6.18 Å². The second-order valence-corrected chi connectivity index (χ2v) is 10.6. The van der Waals surface area contributed by atoms with Gasteiger partial charge in [-0.2, -0.15) is 13.2 Å². The lowest BCUT2D eigenvalue weighted by molar-refractivity contribution is -0.137. The first-order valence-corrected chi connectivity index (χ1v) is 13.6. The minimum Gasteiger partial charge on any atom is -0.370 e. The first-order valence-electron chi connectivity index (χ1n) is 12.7. The van der Waals surface area contributed by atoms with Gasteiger partial charge in [0, 0.05) is 36.6 Å². The van der Waals surface area contributed by atoms with Crippen molar-refractivity contribution in [1.29, 1.82) is 0 Å². The molecule has 1 N–H and O–H groups in total. The molecule has 9 heteroatoms. The summed E-state index contributed by atoms with van der Waals surface area (Å²) in [7, 11) is 0. The summed E-state index contributed by atoms with van der Waals surface area (Å²) in [4.78, 5) is 30.6. The summed E-state index contributed by atoms with van der Waals surface area (Å²) in [6, 6.07) is 14.8. The summed E-state index contributed by atoms with van der Waals surface area (Å²) in [6.45, 7) is 3.96. The van der Waals surface area contributed by atoms with E-state index in [4.69, 9.17) is 0 Å². The monoisotopic (exact) mass is 531 g/mol. The van der Waals surface area contributed by atoms with Crippen LogP contribution in [0, 0.1) is 0 Å². The highest BCUT2D eigenvalue weighted by Gasteiger charge is 2.41. The number of alkyl halides is 3. The average molecular weight is 532 g/mol. The lowest BCUT2D eigenvalue weighted by Gasteiger charge is -2.43. The topological polar surface area (TPSA) is 52.7 Å². The van der Waals surface area contributed by atoms with E-state index in [-0.39, 0.29) is 29.7 Å². The van der Waals surface area contributed by atoms with Crippen LogP contribution in [0.4, 0.5) is 18.9 Å². The number of para-hydroxylation sites is 1. The smallest absolute Gasteiger partial charge is 0.370 e. The zero-order valence-electron chi connectivity index (χ0n) is 20.8. The number of nitrogens with one attached hydrogen (secondary N) is 1. The normalized spacial score (nSPS) is 21.0. The summed E-state index contributed by atoms with van der Waals surface area (Å²) < 4.78 is 38.8. The van der Waals surface area contributed by atoms with Gasteiger partial charge in [-0.3, -0.25) is 9.59 Å². The molecule has 5 nitrogen and oxygen atoms in total. The van der Waals surface area contributed by atoms with Crippen molar-refractivity contribution in [3.05, 3.63) is 70.6 Å². The van der Waals surface area contributed by atoms with E-state index >= 15 is 0 Å². The van der Waals surface area contributed by atoms with Crippen LogP contribution in [0.1, 0.15) is 43.7 Å². The minimum absolute atomic E-state index is 0.0155. The zero-order chi connectivity index (χ0) is 26.4. The van der Waals surface area contributed by atoms with Crippen LogP contribution >= 0.6 is 11.8 Å². The van der Waals surface area contributed by atoms with Gasteiger partial charge < -0.3 is 15.1 Å². The van der Waals surface area contributed by atoms with Gasteiger partial charge in [-0.05, 0) is 55.7 Å². The second-order valence-electron chi connectivity index (χ2n) is 9.33. The maximum absolute atomic E-state index is 13.4. The Balaban J connectivity index is 1.42. The Morgan fingerprint density at radius 3 is 2.49 bits per heavy atom. The average Bonchev–Trinajstić information content (AvgIpc) is 2.89. The van der Waals surface area contributed by atoms with E-state index < -0.39 is 11.7 Å². The van der Waals surface area contributed by atoms with Gasteiger partial charge in [0.05, 0.1) is 10.5 Å². The van der Waals surface area contributed by atoms with Gasteiger partial charge in [0.2, 0.25) is 5.91 Å². The molecule has 2 unspecified atom stereocenters. The highest BCUT2D eigenvalue weighted by molar-refractivity contribution is 8.04. The molecule has 0 spiro atoms. The van der Waals surface area contributed by atoms with Crippen LogP contribution in [0.15, 0.2) is 59.5 Å². The number of carbonyl (C=O) groups is 2. The van der Waals surface area contributed by atoms with E-state index in [9.17, 15) is 22.8 Å². The van der Waals surface area contributed by atoms with Crippen molar-refractivity contribution in [3.8, 4) is 0 Å². The first-order chi connectivity index (χ1) is 17.8. The van der Waals surface area contributed by atoms with Crippen LogP contribution in [-0.2, 0) is 15.8 Å². The molecule has 0 bridgehead atoms. The van der Waals surface area contributed by atoms with Gasteiger partial charge in [-0.1, -0.05) is 43.2 Å². The molecule has 1 aliphatic heterocycles. The third kappa shape index (κ3) is 6.89. The number of thioether (sulfide) groups is 1. The van der Waals surface area contributed by atoms with E-state index in [1.54, 1.807) is 11.0 Å². The molecule has 1 aliphatic carbocycles. The van der Waals surface area contributed by atoms with Crippen molar-refractivity contribution < 1.29 is 22.8 Å². The lowest BCUT2D eigenvalue weighted by Crippen LogP contribution is -2.54. The Morgan fingerprint density at radius 2 is 1.81 bits per heavy atom. The molecule has 198 valence electrons. The number of nitrogens with zero attached hydrogens (tertiary/aromatic N) is 2. The van der Waals surface area contributed by atoms with Crippen molar-refractivity contribution in [2.24, 2.45) is 0 Å².